The number of carbonyl (C=O) groups excluding carboxylic acids is 1. The smallest absolute Gasteiger partial charge is 0.336 e. The summed E-state index contributed by atoms with van der Waals surface area (Å²) in [6.07, 6.45) is 0. The molecule has 0 aliphatic heterocycles. The van der Waals surface area contributed by atoms with Crippen LogP contribution in [0.2, 0.25) is 0 Å². The predicted molar refractivity (Wildman–Crippen MR) is 110 cm³/mol. The highest BCUT2D eigenvalue weighted by atomic mass is 32.2. The van der Waals surface area contributed by atoms with Crippen molar-refractivity contribution < 1.29 is 17.5 Å². The maximum Gasteiger partial charge on any atom is 0.336 e. The lowest BCUT2D eigenvalue weighted by molar-refractivity contribution is 0.102. The molecule has 146 valence electrons. The summed E-state index contributed by atoms with van der Waals surface area (Å²) in [5.74, 6) is -2.02. The van der Waals surface area contributed by atoms with Gasteiger partial charge in [0, 0.05) is 16.6 Å². The second kappa shape index (κ2) is 7.97. The minimum Gasteiger partial charge on any atom is -0.367 e. The molecule has 0 spiro atoms. The first-order valence-electron chi connectivity index (χ1n) is 8.14. The van der Waals surface area contributed by atoms with Crippen LogP contribution >= 0.6 is 11.3 Å². The van der Waals surface area contributed by atoms with E-state index in [0.717, 1.165) is 26.8 Å². The number of thiophene rings is 1. The van der Waals surface area contributed by atoms with E-state index in [2.05, 4.69) is 9.44 Å². The molecule has 3 aromatic rings. The van der Waals surface area contributed by atoms with Crippen molar-refractivity contribution in [2.75, 3.05) is 5.75 Å². The molecule has 2 aromatic carbocycles. The summed E-state index contributed by atoms with van der Waals surface area (Å²) in [6, 6.07) is 15.2. The third kappa shape index (κ3) is 4.47. The number of carbonyl (C=O) groups is 1. The van der Waals surface area contributed by atoms with Gasteiger partial charge in [-0.25, -0.2) is 0 Å². The van der Waals surface area contributed by atoms with Crippen molar-refractivity contribution in [3.05, 3.63) is 59.0 Å². The highest BCUT2D eigenvalue weighted by Crippen LogP contribution is 2.34. The zero-order valence-electron chi connectivity index (χ0n) is 14.7. The van der Waals surface area contributed by atoms with Gasteiger partial charge in [0.2, 0.25) is 5.96 Å². The summed E-state index contributed by atoms with van der Waals surface area (Å²) in [5.41, 5.74) is 18.6. The topological polar surface area (TPSA) is 151 Å². The first-order chi connectivity index (χ1) is 13.3. The van der Waals surface area contributed by atoms with Crippen LogP contribution in [0.25, 0.3) is 21.2 Å². The van der Waals surface area contributed by atoms with Gasteiger partial charge in [0.1, 0.15) is 0 Å². The van der Waals surface area contributed by atoms with Gasteiger partial charge < -0.3 is 17.2 Å². The van der Waals surface area contributed by atoms with E-state index in [9.17, 15) is 13.2 Å². The zero-order chi connectivity index (χ0) is 20.3. The molecule has 1 heterocycles. The zero-order valence-corrected chi connectivity index (χ0v) is 16.3. The lowest BCUT2D eigenvalue weighted by atomic mass is 10.0. The van der Waals surface area contributed by atoms with E-state index in [1.807, 2.05) is 42.5 Å². The highest BCUT2D eigenvalue weighted by Gasteiger charge is 2.22. The molecular formula is C18H18N4O4S2. The number of ketones is 1. The third-order valence-corrected chi connectivity index (χ3v) is 5.96. The number of guanidine groups is 1. The van der Waals surface area contributed by atoms with Gasteiger partial charge in [0.15, 0.2) is 11.5 Å². The molecule has 0 amide bonds. The number of hydrogen-bond donors (Lipinski definition) is 3. The second-order valence-electron chi connectivity index (χ2n) is 5.94. The summed E-state index contributed by atoms with van der Waals surface area (Å²) in [6.45, 7) is 0.456. The van der Waals surface area contributed by atoms with Crippen molar-refractivity contribution in [1.29, 1.82) is 0 Å². The van der Waals surface area contributed by atoms with Crippen molar-refractivity contribution in [1.82, 2.24) is 0 Å². The van der Waals surface area contributed by atoms with Crippen LogP contribution in [0, 0.1) is 0 Å². The fourth-order valence-corrected chi connectivity index (χ4v) is 4.47. The fraction of sp³-hybridized carbons (Fsp3) is 0.111. The molecule has 1 aromatic heterocycles. The summed E-state index contributed by atoms with van der Waals surface area (Å²) < 4.78 is 28.8. The van der Waals surface area contributed by atoms with Crippen LogP contribution in [0.1, 0.15) is 15.2 Å². The van der Waals surface area contributed by atoms with Crippen molar-refractivity contribution in [3.63, 3.8) is 0 Å². The van der Waals surface area contributed by atoms with Crippen molar-refractivity contribution in [3.8, 4) is 11.1 Å². The standard InChI is InChI=1S/C18H18N4O4S2/c19-9-11-4-6-12(7-5-11)13-2-1-3-16-14(13)8-17(27-16)15(23)10-28(24,25)26-22-18(20)21/h1-8H,9-10,19H2,(H4,20,21,22). The Morgan fingerprint density at radius 2 is 1.82 bits per heavy atom. The Labute approximate surface area is 165 Å². The van der Waals surface area contributed by atoms with Gasteiger partial charge in [-0.3, -0.25) is 9.08 Å². The van der Waals surface area contributed by atoms with E-state index in [0.29, 0.717) is 11.4 Å². The molecule has 0 radical (unpaired) electrons. The fourth-order valence-electron chi connectivity index (χ4n) is 2.63. The van der Waals surface area contributed by atoms with E-state index in [4.69, 9.17) is 17.2 Å². The van der Waals surface area contributed by atoms with E-state index < -0.39 is 27.6 Å². The first kappa shape index (κ1) is 19.8. The van der Waals surface area contributed by atoms with Crippen LogP contribution < -0.4 is 17.2 Å². The number of nitrogens with two attached hydrogens (primary N) is 3. The molecule has 6 N–H and O–H groups in total. The Morgan fingerprint density at radius 3 is 2.46 bits per heavy atom. The Bertz CT molecular complexity index is 1150. The Balaban J connectivity index is 1.92. The van der Waals surface area contributed by atoms with Crippen molar-refractivity contribution in [2.24, 2.45) is 22.4 Å². The van der Waals surface area contributed by atoms with Crippen LogP contribution in [-0.4, -0.2) is 25.9 Å². The average Bonchev–Trinajstić information content (AvgIpc) is 3.11. The van der Waals surface area contributed by atoms with Crippen molar-refractivity contribution in [2.45, 2.75) is 6.54 Å². The van der Waals surface area contributed by atoms with E-state index in [1.165, 1.54) is 11.3 Å². The molecule has 10 heteroatoms. The van der Waals surface area contributed by atoms with Crippen LogP contribution in [0.15, 0.2) is 53.7 Å². The van der Waals surface area contributed by atoms with Crippen LogP contribution in [0.4, 0.5) is 0 Å². The minimum atomic E-state index is -4.23. The van der Waals surface area contributed by atoms with Gasteiger partial charge in [-0.15, -0.1) is 11.3 Å². The summed E-state index contributed by atoms with van der Waals surface area (Å²) >= 11 is 1.21. The van der Waals surface area contributed by atoms with Crippen LogP contribution in [-0.2, 0) is 20.9 Å². The van der Waals surface area contributed by atoms with Gasteiger partial charge in [-0.2, -0.15) is 8.42 Å². The van der Waals surface area contributed by atoms with E-state index in [-0.39, 0.29) is 0 Å². The Morgan fingerprint density at radius 1 is 1.11 bits per heavy atom. The molecular weight excluding hydrogens is 400 g/mol. The monoisotopic (exact) mass is 418 g/mol. The number of nitrogens with zero attached hydrogens (tertiary/aromatic N) is 1. The maximum absolute atomic E-state index is 12.4. The number of hydrogen-bond acceptors (Lipinski definition) is 7. The molecule has 0 saturated carbocycles. The van der Waals surface area contributed by atoms with E-state index in [1.54, 1.807) is 6.07 Å². The van der Waals surface area contributed by atoms with Gasteiger partial charge in [-0.05, 0) is 34.0 Å². The molecule has 0 aliphatic rings. The highest BCUT2D eigenvalue weighted by molar-refractivity contribution is 7.87. The molecule has 0 atom stereocenters. The number of benzene rings is 2. The van der Waals surface area contributed by atoms with E-state index >= 15 is 0 Å². The average molecular weight is 419 g/mol. The Kier molecular flexibility index (Phi) is 5.63. The number of fused-ring (bicyclic) bond motifs is 1. The first-order valence-corrected chi connectivity index (χ1v) is 10.5. The number of rotatable bonds is 7. The maximum atomic E-state index is 12.4. The molecule has 0 fully saturated rings. The molecule has 8 nitrogen and oxygen atoms in total. The minimum absolute atomic E-state index is 0.304. The van der Waals surface area contributed by atoms with Gasteiger partial charge in [-0.1, -0.05) is 36.4 Å². The molecule has 3 rings (SSSR count). The normalized spacial score (nSPS) is 11.3. The lowest BCUT2D eigenvalue weighted by Gasteiger charge is -2.05. The van der Waals surface area contributed by atoms with Crippen LogP contribution in [0.5, 0.6) is 0 Å². The van der Waals surface area contributed by atoms with Gasteiger partial charge in [0.25, 0.3) is 0 Å². The quantitative estimate of drug-likeness (QED) is 0.229. The second-order valence-corrected chi connectivity index (χ2v) is 8.58. The van der Waals surface area contributed by atoms with Gasteiger partial charge in [0.05, 0.1) is 4.88 Å². The SMILES string of the molecule is NCc1ccc(-c2cccc3sc(C(=O)CS(=O)(=O)ON=C(N)N)cc23)cc1. The molecule has 0 saturated heterocycles. The predicted octanol–water partition coefficient (Wildman–Crippen LogP) is 1.74. The largest absolute Gasteiger partial charge is 0.367 e. The summed E-state index contributed by atoms with van der Waals surface area (Å²) in [7, 11) is -4.23. The molecule has 28 heavy (non-hydrogen) atoms. The lowest BCUT2D eigenvalue weighted by Crippen LogP contribution is -2.24. The molecule has 0 unspecified atom stereocenters. The number of oxime groups is 1. The third-order valence-electron chi connectivity index (χ3n) is 3.90. The number of Topliss-reactive ketones (excluding diaryl/α,β-unsaturated/α-hetero) is 1. The Hall–Kier alpha value is -2.95. The molecule has 0 bridgehead atoms. The van der Waals surface area contributed by atoms with Crippen molar-refractivity contribution >= 4 is 43.3 Å². The molecule has 0 aliphatic carbocycles. The van der Waals surface area contributed by atoms with Gasteiger partial charge >= 0.3 is 10.1 Å². The van der Waals surface area contributed by atoms with Crippen LogP contribution in [0.3, 0.4) is 0 Å². The summed E-state index contributed by atoms with van der Waals surface area (Å²) in [5, 5.41) is 3.84. The summed E-state index contributed by atoms with van der Waals surface area (Å²) in [4.78, 5) is 12.7.